The summed E-state index contributed by atoms with van der Waals surface area (Å²) in [7, 11) is 6.05. The molecule has 0 aliphatic rings. The van der Waals surface area contributed by atoms with E-state index in [1.54, 1.807) is 0 Å². The van der Waals surface area contributed by atoms with E-state index >= 15 is 0 Å². The molecule has 0 aromatic heterocycles. The first kappa shape index (κ1) is 14.1. The Balaban J connectivity index is 4.67. The van der Waals surface area contributed by atoms with E-state index < -0.39 is 0 Å². The Morgan fingerprint density at radius 3 is 1.64 bits per heavy atom. The van der Waals surface area contributed by atoms with Crippen LogP contribution in [0.4, 0.5) is 0 Å². The Hall–Kier alpha value is 0.0649. The third-order valence-electron chi connectivity index (χ3n) is 3.98. The molecule has 0 saturated carbocycles. The average molecular weight is 194 g/mol. The van der Waals surface area contributed by atoms with Gasteiger partial charge >= 0.3 is 0 Å². The van der Waals surface area contributed by atoms with Crippen LogP contribution in [0.1, 0.15) is 60.8 Å². The van der Waals surface area contributed by atoms with Crippen molar-refractivity contribution in [1.29, 1.82) is 0 Å². The molecule has 0 heterocycles. The number of hydrogen-bond donors (Lipinski definition) is 0. The molecule has 0 rings (SSSR count). The molecule has 0 fully saturated rings. The van der Waals surface area contributed by atoms with Gasteiger partial charge in [0, 0.05) is 0 Å². The number of rotatable bonds is 6. The molecule has 0 aliphatic carbocycles. The summed E-state index contributed by atoms with van der Waals surface area (Å²) in [6.45, 7) is 13.7. The Morgan fingerprint density at radius 1 is 1.00 bits per heavy atom. The molecule has 0 saturated heterocycles. The molecular weight excluding hydrogens is 167 g/mol. The fourth-order valence-electron chi connectivity index (χ4n) is 2.74. The van der Waals surface area contributed by atoms with Gasteiger partial charge in [0.2, 0.25) is 0 Å². The predicted octanol–water partition coefficient (Wildman–Crippen LogP) is 4.45. The lowest BCUT2D eigenvalue weighted by molar-refractivity contribution is 0.117. The molecule has 0 spiro atoms. The zero-order chi connectivity index (χ0) is 11.4. The third kappa shape index (κ3) is 3.33. The van der Waals surface area contributed by atoms with Crippen molar-refractivity contribution in [2.24, 2.45) is 17.3 Å². The highest BCUT2D eigenvalue weighted by atomic mass is 14.4. The van der Waals surface area contributed by atoms with Crippen LogP contribution >= 0.6 is 0 Å². The fraction of sp³-hybridized carbons (Fsp3) is 1.00. The van der Waals surface area contributed by atoms with Gasteiger partial charge in [0.15, 0.2) is 0 Å². The predicted molar refractivity (Wildman–Crippen MR) is 66.8 cm³/mol. The van der Waals surface area contributed by atoms with Crippen molar-refractivity contribution in [3.63, 3.8) is 0 Å². The topological polar surface area (TPSA) is 0 Å². The first-order chi connectivity index (χ1) is 6.39. The largest absolute Gasteiger partial charge is 0.0771 e. The van der Waals surface area contributed by atoms with E-state index in [1.165, 1.54) is 19.3 Å². The maximum atomic E-state index is 6.05. The molecule has 1 heteroatoms. The summed E-state index contributed by atoms with van der Waals surface area (Å²) in [6.07, 6.45) is 3.82. The Morgan fingerprint density at radius 2 is 1.43 bits per heavy atom. The molecule has 0 aromatic rings. The summed E-state index contributed by atoms with van der Waals surface area (Å²) in [6, 6.07) is 0. The van der Waals surface area contributed by atoms with Gasteiger partial charge in [0.1, 0.15) is 0 Å². The van der Waals surface area contributed by atoms with Gasteiger partial charge in [-0.2, -0.15) is 0 Å². The fourth-order valence-corrected chi connectivity index (χ4v) is 2.74. The molecule has 14 heavy (non-hydrogen) atoms. The molecule has 0 N–H and O–H groups in total. The quantitative estimate of drug-likeness (QED) is 0.548. The molecular formula is C13H27B. The highest BCUT2D eigenvalue weighted by molar-refractivity contribution is 6.11. The van der Waals surface area contributed by atoms with E-state index in [0.717, 1.165) is 5.92 Å². The van der Waals surface area contributed by atoms with Gasteiger partial charge in [-0.15, -0.1) is 0 Å². The first-order valence-corrected chi connectivity index (χ1v) is 6.15. The third-order valence-corrected chi connectivity index (χ3v) is 3.98. The van der Waals surface area contributed by atoms with Crippen LogP contribution in [-0.2, 0) is 0 Å². The van der Waals surface area contributed by atoms with Gasteiger partial charge in [0.25, 0.3) is 0 Å². The second kappa shape index (κ2) is 5.83. The van der Waals surface area contributed by atoms with Crippen LogP contribution in [0.25, 0.3) is 0 Å². The maximum Gasteiger partial charge on any atom is 0.0699 e. The molecule has 0 aromatic carbocycles. The Bertz CT molecular complexity index is 145. The maximum absolute atomic E-state index is 6.05. The van der Waals surface area contributed by atoms with Gasteiger partial charge in [0.05, 0.1) is 7.85 Å². The lowest BCUT2D eigenvalue weighted by atomic mass is 9.59. The van der Waals surface area contributed by atoms with Crippen molar-refractivity contribution in [3.8, 4) is 0 Å². The van der Waals surface area contributed by atoms with Crippen LogP contribution in [-0.4, -0.2) is 7.85 Å². The molecule has 0 nitrogen and oxygen atoms in total. The lowest BCUT2D eigenvalue weighted by Gasteiger charge is -2.42. The molecule has 0 bridgehead atoms. The van der Waals surface area contributed by atoms with Crippen LogP contribution in [0.5, 0.6) is 0 Å². The normalized spacial score (nSPS) is 17.1. The van der Waals surface area contributed by atoms with Crippen LogP contribution in [0, 0.1) is 17.3 Å². The van der Waals surface area contributed by atoms with Crippen molar-refractivity contribution >= 4 is 7.85 Å². The first-order valence-electron chi connectivity index (χ1n) is 6.15. The van der Waals surface area contributed by atoms with Gasteiger partial charge in [-0.05, 0) is 23.7 Å². The second-order valence-electron chi connectivity index (χ2n) is 5.32. The molecule has 2 atom stereocenters. The van der Waals surface area contributed by atoms with Gasteiger partial charge in [-0.25, -0.2) is 0 Å². The summed E-state index contributed by atoms with van der Waals surface area (Å²) in [5.74, 6) is 1.71. The zero-order valence-electron chi connectivity index (χ0n) is 10.9. The molecule has 2 radical (unpaired) electrons. The highest BCUT2D eigenvalue weighted by Gasteiger charge is 2.34. The van der Waals surface area contributed by atoms with Crippen molar-refractivity contribution in [2.45, 2.75) is 66.6 Å². The van der Waals surface area contributed by atoms with E-state index in [1.807, 2.05) is 0 Å². The summed E-state index contributed by atoms with van der Waals surface area (Å²) in [4.78, 5) is 0. The van der Waals surface area contributed by atoms with E-state index in [2.05, 4.69) is 41.5 Å². The number of hydrogen-bond acceptors (Lipinski definition) is 0. The average Bonchev–Trinajstić information content (AvgIpc) is 2.12. The summed E-state index contributed by atoms with van der Waals surface area (Å²) in [5, 5.41) is 0. The van der Waals surface area contributed by atoms with E-state index in [9.17, 15) is 0 Å². The summed E-state index contributed by atoms with van der Waals surface area (Å²) < 4.78 is 0. The van der Waals surface area contributed by atoms with Crippen molar-refractivity contribution in [1.82, 2.24) is 0 Å². The van der Waals surface area contributed by atoms with E-state index in [0.29, 0.717) is 17.2 Å². The zero-order valence-corrected chi connectivity index (χ0v) is 10.9. The van der Waals surface area contributed by atoms with Crippen LogP contribution < -0.4 is 0 Å². The smallest absolute Gasteiger partial charge is 0.0699 e. The molecule has 2 unspecified atom stereocenters. The van der Waals surface area contributed by atoms with Crippen molar-refractivity contribution < 1.29 is 0 Å². The highest BCUT2D eigenvalue weighted by Crippen LogP contribution is 2.45. The molecule has 82 valence electrons. The molecule has 0 aliphatic heterocycles. The van der Waals surface area contributed by atoms with Gasteiger partial charge in [-0.3, -0.25) is 0 Å². The summed E-state index contributed by atoms with van der Waals surface area (Å²) >= 11 is 0. The van der Waals surface area contributed by atoms with Gasteiger partial charge in [-0.1, -0.05) is 60.2 Å². The van der Waals surface area contributed by atoms with E-state index in [4.69, 9.17) is 7.85 Å². The van der Waals surface area contributed by atoms with Crippen LogP contribution in [0.3, 0.4) is 0 Å². The minimum Gasteiger partial charge on any atom is -0.0771 e. The Labute approximate surface area is 92.3 Å². The standard InChI is InChI=1S/C13H27B/c1-7-13(8-2,9-10(3)4)11(5)12(6)14/h10-12H,7-9H2,1-6H3. The minimum atomic E-state index is 0.314. The van der Waals surface area contributed by atoms with Gasteiger partial charge < -0.3 is 0 Å². The molecule has 0 amide bonds. The lowest BCUT2D eigenvalue weighted by Crippen LogP contribution is -2.31. The van der Waals surface area contributed by atoms with Crippen molar-refractivity contribution in [3.05, 3.63) is 0 Å². The van der Waals surface area contributed by atoms with Crippen molar-refractivity contribution in [2.75, 3.05) is 0 Å². The monoisotopic (exact) mass is 194 g/mol. The second-order valence-corrected chi connectivity index (χ2v) is 5.32. The summed E-state index contributed by atoms with van der Waals surface area (Å²) in [5.41, 5.74) is 0.461. The SMILES string of the molecule is [B]C(C)C(C)C(CC)(CC)CC(C)C. The Kier molecular flexibility index (Phi) is 5.85. The van der Waals surface area contributed by atoms with Crippen LogP contribution in [0.15, 0.2) is 0 Å². The van der Waals surface area contributed by atoms with Crippen LogP contribution in [0.2, 0.25) is 5.82 Å². The van der Waals surface area contributed by atoms with E-state index in [-0.39, 0.29) is 0 Å². The minimum absolute atomic E-state index is 0.314.